The van der Waals surface area contributed by atoms with Gasteiger partial charge in [-0.1, -0.05) is 25.7 Å². The van der Waals surface area contributed by atoms with Gasteiger partial charge in [0.15, 0.2) is 0 Å². The quantitative estimate of drug-likeness (QED) is 0.655. The average Bonchev–Trinajstić information content (AvgIpc) is 2.29. The normalized spacial score (nSPS) is 22.0. The second-order valence-electron chi connectivity index (χ2n) is 4.24. The molecule has 1 saturated carbocycles. The topological polar surface area (TPSA) is 29.1 Å². The zero-order valence-corrected chi connectivity index (χ0v) is 8.81. The van der Waals surface area contributed by atoms with Crippen molar-refractivity contribution in [3.05, 3.63) is 0 Å². The third-order valence-corrected chi connectivity index (χ3v) is 3.04. The van der Waals surface area contributed by atoms with Crippen LogP contribution in [0, 0.1) is 5.92 Å². The van der Waals surface area contributed by atoms with Gasteiger partial charge in [-0.3, -0.25) is 4.79 Å². The number of hydrogen-bond donors (Lipinski definition) is 1. The maximum absolute atomic E-state index is 10.9. The van der Waals surface area contributed by atoms with Crippen LogP contribution in [-0.2, 0) is 4.79 Å². The average molecular weight is 183 g/mol. The fourth-order valence-corrected chi connectivity index (χ4v) is 2.25. The molecule has 1 fully saturated rings. The van der Waals surface area contributed by atoms with Crippen molar-refractivity contribution in [3.63, 3.8) is 0 Å². The van der Waals surface area contributed by atoms with Gasteiger partial charge in [0.1, 0.15) is 0 Å². The molecular weight excluding hydrogens is 162 g/mol. The predicted octanol–water partition coefficient (Wildman–Crippen LogP) is 2.48. The summed E-state index contributed by atoms with van der Waals surface area (Å²) in [6.45, 7) is 3.74. The third kappa shape index (κ3) is 3.79. The van der Waals surface area contributed by atoms with Crippen LogP contribution in [0.5, 0.6) is 0 Å². The number of carbonyl (C=O) groups is 1. The summed E-state index contributed by atoms with van der Waals surface area (Å²) in [7, 11) is 0. The first kappa shape index (κ1) is 10.6. The molecule has 0 spiro atoms. The lowest BCUT2D eigenvalue weighted by Crippen LogP contribution is -2.36. The number of hydrogen-bond acceptors (Lipinski definition) is 1. The molecule has 0 bridgehead atoms. The van der Waals surface area contributed by atoms with E-state index in [2.05, 4.69) is 12.2 Å². The number of nitrogens with one attached hydrogen (secondary N) is 1. The van der Waals surface area contributed by atoms with Gasteiger partial charge in [0.2, 0.25) is 5.91 Å². The summed E-state index contributed by atoms with van der Waals surface area (Å²) in [6.07, 6.45) is 8.03. The van der Waals surface area contributed by atoms with Crippen LogP contribution >= 0.6 is 0 Å². The summed E-state index contributed by atoms with van der Waals surface area (Å²) in [5, 5.41) is 3.00. The van der Waals surface area contributed by atoms with Crippen molar-refractivity contribution < 1.29 is 4.79 Å². The second-order valence-corrected chi connectivity index (χ2v) is 4.24. The maximum atomic E-state index is 10.9. The van der Waals surface area contributed by atoms with Crippen molar-refractivity contribution in [2.75, 3.05) is 0 Å². The van der Waals surface area contributed by atoms with E-state index in [0.29, 0.717) is 12.0 Å². The first-order chi connectivity index (χ1) is 6.20. The molecule has 1 aliphatic rings. The third-order valence-electron chi connectivity index (χ3n) is 3.04. The van der Waals surface area contributed by atoms with Crippen molar-refractivity contribution in [1.29, 1.82) is 0 Å². The fourth-order valence-electron chi connectivity index (χ4n) is 2.25. The molecule has 0 saturated heterocycles. The Labute approximate surface area is 81.1 Å². The summed E-state index contributed by atoms with van der Waals surface area (Å²) in [4.78, 5) is 10.9. The minimum absolute atomic E-state index is 0.108. The lowest BCUT2D eigenvalue weighted by atomic mass is 9.93. The van der Waals surface area contributed by atoms with E-state index in [-0.39, 0.29) is 5.91 Å². The van der Waals surface area contributed by atoms with E-state index in [1.807, 2.05) is 0 Å². The molecular formula is C11H21NO. The molecule has 1 aliphatic carbocycles. The summed E-state index contributed by atoms with van der Waals surface area (Å²) in [5.74, 6) is 0.822. The van der Waals surface area contributed by atoms with Crippen LogP contribution in [0.15, 0.2) is 0 Å². The van der Waals surface area contributed by atoms with Gasteiger partial charge < -0.3 is 5.32 Å². The van der Waals surface area contributed by atoms with Gasteiger partial charge in [-0.15, -0.1) is 0 Å². The molecule has 1 rings (SSSR count). The van der Waals surface area contributed by atoms with Crippen molar-refractivity contribution in [2.24, 2.45) is 5.92 Å². The molecule has 1 atom stereocenters. The number of carbonyl (C=O) groups excluding carboxylic acids is 1. The SMILES string of the molecule is CC(=O)N[C@@H](C)C1CCCCCC1. The molecule has 76 valence electrons. The number of rotatable bonds is 2. The first-order valence-electron chi connectivity index (χ1n) is 5.47. The molecule has 0 heterocycles. The van der Waals surface area contributed by atoms with Gasteiger partial charge in [0.25, 0.3) is 0 Å². The van der Waals surface area contributed by atoms with E-state index in [0.717, 1.165) is 0 Å². The van der Waals surface area contributed by atoms with Crippen LogP contribution in [0.3, 0.4) is 0 Å². The first-order valence-corrected chi connectivity index (χ1v) is 5.47. The summed E-state index contributed by atoms with van der Waals surface area (Å²) in [6, 6.07) is 0.371. The van der Waals surface area contributed by atoms with Crippen LogP contribution in [0.25, 0.3) is 0 Å². The van der Waals surface area contributed by atoms with E-state index >= 15 is 0 Å². The summed E-state index contributed by atoms with van der Waals surface area (Å²) in [5.41, 5.74) is 0. The van der Waals surface area contributed by atoms with Crippen LogP contribution < -0.4 is 5.32 Å². The Morgan fingerprint density at radius 2 is 1.77 bits per heavy atom. The Morgan fingerprint density at radius 3 is 2.23 bits per heavy atom. The molecule has 0 aliphatic heterocycles. The van der Waals surface area contributed by atoms with Gasteiger partial charge in [-0.2, -0.15) is 0 Å². The highest BCUT2D eigenvalue weighted by Gasteiger charge is 2.19. The Hall–Kier alpha value is -0.530. The van der Waals surface area contributed by atoms with Crippen molar-refractivity contribution in [2.45, 2.75) is 58.4 Å². The van der Waals surface area contributed by atoms with E-state index in [9.17, 15) is 4.79 Å². The van der Waals surface area contributed by atoms with Gasteiger partial charge in [-0.05, 0) is 25.7 Å². The number of amides is 1. The molecule has 2 nitrogen and oxygen atoms in total. The lowest BCUT2D eigenvalue weighted by molar-refractivity contribution is -0.119. The van der Waals surface area contributed by atoms with E-state index in [4.69, 9.17) is 0 Å². The molecule has 0 aromatic rings. The van der Waals surface area contributed by atoms with E-state index < -0.39 is 0 Å². The fraction of sp³-hybridized carbons (Fsp3) is 0.909. The molecule has 0 aromatic heterocycles. The Kier molecular flexibility index (Phi) is 4.26. The van der Waals surface area contributed by atoms with Crippen LogP contribution in [0.4, 0.5) is 0 Å². The lowest BCUT2D eigenvalue weighted by Gasteiger charge is -2.22. The molecule has 2 heteroatoms. The van der Waals surface area contributed by atoms with Crippen molar-refractivity contribution in [3.8, 4) is 0 Å². The summed E-state index contributed by atoms with van der Waals surface area (Å²) >= 11 is 0. The van der Waals surface area contributed by atoms with Crippen molar-refractivity contribution in [1.82, 2.24) is 5.32 Å². The Morgan fingerprint density at radius 1 is 1.23 bits per heavy atom. The maximum Gasteiger partial charge on any atom is 0.217 e. The van der Waals surface area contributed by atoms with Gasteiger partial charge in [0.05, 0.1) is 0 Å². The van der Waals surface area contributed by atoms with E-state index in [1.54, 1.807) is 6.92 Å². The molecule has 1 amide bonds. The predicted molar refractivity (Wildman–Crippen MR) is 54.5 cm³/mol. The molecule has 1 N–H and O–H groups in total. The highest BCUT2D eigenvalue weighted by Crippen LogP contribution is 2.25. The Bertz CT molecular complexity index is 159. The molecule has 0 unspecified atom stereocenters. The van der Waals surface area contributed by atoms with Crippen LogP contribution in [0.1, 0.15) is 52.4 Å². The molecule has 0 aromatic carbocycles. The van der Waals surface area contributed by atoms with Crippen LogP contribution in [0.2, 0.25) is 0 Å². The van der Waals surface area contributed by atoms with Crippen LogP contribution in [-0.4, -0.2) is 11.9 Å². The van der Waals surface area contributed by atoms with Gasteiger partial charge in [0, 0.05) is 13.0 Å². The molecule has 0 radical (unpaired) electrons. The highest BCUT2D eigenvalue weighted by molar-refractivity contribution is 5.73. The monoisotopic (exact) mass is 183 g/mol. The minimum Gasteiger partial charge on any atom is -0.354 e. The van der Waals surface area contributed by atoms with E-state index in [1.165, 1.54) is 38.5 Å². The largest absolute Gasteiger partial charge is 0.354 e. The van der Waals surface area contributed by atoms with Gasteiger partial charge >= 0.3 is 0 Å². The summed E-state index contributed by atoms with van der Waals surface area (Å²) < 4.78 is 0. The van der Waals surface area contributed by atoms with Crippen molar-refractivity contribution >= 4 is 5.91 Å². The highest BCUT2D eigenvalue weighted by atomic mass is 16.1. The Balaban J connectivity index is 2.34. The second kappa shape index (κ2) is 5.25. The zero-order chi connectivity index (χ0) is 9.68. The minimum atomic E-state index is 0.108. The van der Waals surface area contributed by atoms with Gasteiger partial charge in [-0.25, -0.2) is 0 Å². The standard InChI is InChI=1S/C11H21NO/c1-9(12-10(2)13)11-7-5-3-4-6-8-11/h9,11H,3-8H2,1-2H3,(H,12,13)/t9-/m0/s1. The smallest absolute Gasteiger partial charge is 0.217 e. The zero-order valence-electron chi connectivity index (χ0n) is 8.81. The molecule has 13 heavy (non-hydrogen) atoms.